The second kappa shape index (κ2) is 5.64. The van der Waals surface area contributed by atoms with Crippen LogP contribution in [0.1, 0.15) is 33.1 Å². The second-order valence-electron chi connectivity index (χ2n) is 4.80. The van der Waals surface area contributed by atoms with E-state index in [1.165, 1.54) is 7.11 Å². The molecule has 1 aliphatic rings. The van der Waals surface area contributed by atoms with Gasteiger partial charge in [0, 0.05) is 13.2 Å². The second-order valence-corrected chi connectivity index (χ2v) is 4.80. The minimum atomic E-state index is -0.510. The van der Waals surface area contributed by atoms with Crippen molar-refractivity contribution in [1.82, 2.24) is 0 Å². The maximum Gasteiger partial charge on any atom is 0.313 e. The zero-order valence-corrected chi connectivity index (χ0v) is 10.5. The molecule has 0 aromatic carbocycles. The highest BCUT2D eigenvalue weighted by atomic mass is 16.5. The Morgan fingerprint density at radius 3 is 2.50 bits per heavy atom. The fourth-order valence-electron chi connectivity index (χ4n) is 2.14. The molecule has 0 spiro atoms. The highest BCUT2D eigenvalue weighted by Crippen LogP contribution is 2.48. The SMILES string of the molecule is COC(=O)C(CN)(CCOC(C)C)C1CC1. The van der Waals surface area contributed by atoms with E-state index in [9.17, 15) is 4.79 Å². The summed E-state index contributed by atoms with van der Waals surface area (Å²) in [7, 11) is 1.43. The number of esters is 1. The number of hydrogen-bond acceptors (Lipinski definition) is 4. The van der Waals surface area contributed by atoms with Gasteiger partial charge >= 0.3 is 5.97 Å². The van der Waals surface area contributed by atoms with Crippen LogP contribution in [0.25, 0.3) is 0 Å². The molecule has 2 N–H and O–H groups in total. The molecule has 4 nitrogen and oxygen atoms in total. The first-order valence-corrected chi connectivity index (χ1v) is 5.97. The van der Waals surface area contributed by atoms with Gasteiger partial charge in [-0.1, -0.05) is 0 Å². The largest absolute Gasteiger partial charge is 0.469 e. The van der Waals surface area contributed by atoms with Crippen LogP contribution in [0.15, 0.2) is 0 Å². The normalized spacial score (nSPS) is 19.6. The fourth-order valence-corrected chi connectivity index (χ4v) is 2.14. The van der Waals surface area contributed by atoms with Gasteiger partial charge in [-0.2, -0.15) is 0 Å². The topological polar surface area (TPSA) is 61.5 Å². The van der Waals surface area contributed by atoms with Crippen LogP contribution in [0.4, 0.5) is 0 Å². The molecule has 0 aromatic rings. The molecule has 0 amide bonds. The molecule has 1 aliphatic carbocycles. The zero-order valence-electron chi connectivity index (χ0n) is 10.5. The molecule has 0 aromatic heterocycles. The third kappa shape index (κ3) is 2.95. The Kier molecular flexibility index (Phi) is 4.74. The molecule has 0 aliphatic heterocycles. The third-order valence-corrected chi connectivity index (χ3v) is 3.31. The summed E-state index contributed by atoms with van der Waals surface area (Å²) in [4.78, 5) is 11.9. The summed E-state index contributed by atoms with van der Waals surface area (Å²) in [5, 5.41) is 0. The Bertz CT molecular complexity index is 238. The highest BCUT2D eigenvalue weighted by Gasteiger charge is 2.50. The van der Waals surface area contributed by atoms with Crippen LogP contribution in [-0.4, -0.2) is 32.3 Å². The molecule has 1 unspecified atom stereocenters. The van der Waals surface area contributed by atoms with E-state index in [1.807, 2.05) is 13.8 Å². The minimum Gasteiger partial charge on any atom is -0.469 e. The Morgan fingerprint density at radius 2 is 2.12 bits per heavy atom. The minimum absolute atomic E-state index is 0.176. The van der Waals surface area contributed by atoms with Crippen molar-refractivity contribution in [3.8, 4) is 0 Å². The van der Waals surface area contributed by atoms with Crippen molar-refractivity contribution in [1.29, 1.82) is 0 Å². The average Bonchev–Trinajstić information content (AvgIpc) is 3.07. The van der Waals surface area contributed by atoms with Gasteiger partial charge in [0.05, 0.1) is 18.6 Å². The Balaban J connectivity index is 2.58. The molecule has 16 heavy (non-hydrogen) atoms. The maximum absolute atomic E-state index is 11.9. The molecule has 1 rings (SSSR count). The van der Waals surface area contributed by atoms with Crippen molar-refractivity contribution in [2.75, 3.05) is 20.3 Å². The van der Waals surface area contributed by atoms with Crippen LogP contribution in [-0.2, 0) is 14.3 Å². The average molecular weight is 229 g/mol. The van der Waals surface area contributed by atoms with E-state index < -0.39 is 5.41 Å². The molecule has 0 saturated heterocycles. The van der Waals surface area contributed by atoms with E-state index in [0.29, 0.717) is 25.5 Å². The van der Waals surface area contributed by atoms with Crippen molar-refractivity contribution >= 4 is 5.97 Å². The highest BCUT2D eigenvalue weighted by molar-refractivity contribution is 5.78. The number of hydrogen-bond donors (Lipinski definition) is 1. The first-order valence-electron chi connectivity index (χ1n) is 5.97. The first-order chi connectivity index (χ1) is 7.56. The van der Waals surface area contributed by atoms with Crippen molar-refractivity contribution in [2.24, 2.45) is 17.1 Å². The lowest BCUT2D eigenvalue weighted by Crippen LogP contribution is -2.42. The molecule has 1 atom stereocenters. The van der Waals surface area contributed by atoms with Crippen LogP contribution in [0, 0.1) is 11.3 Å². The van der Waals surface area contributed by atoms with Gasteiger partial charge < -0.3 is 15.2 Å². The lowest BCUT2D eigenvalue weighted by Gasteiger charge is -2.29. The van der Waals surface area contributed by atoms with Gasteiger partial charge in [0.25, 0.3) is 0 Å². The summed E-state index contributed by atoms with van der Waals surface area (Å²) in [6.07, 6.45) is 3.01. The third-order valence-electron chi connectivity index (χ3n) is 3.31. The van der Waals surface area contributed by atoms with Crippen molar-refractivity contribution < 1.29 is 14.3 Å². The number of rotatable bonds is 7. The van der Waals surface area contributed by atoms with Gasteiger partial charge in [-0.3, -0.25) is 4.79 Å². The van der Waals surface area contributed by atoms with Gasteiger partial charge in [-0.05, 0) is 39.0 Å². The molecule has 1 saturated carbocycles. The van der Waals surface area contributed by atoms with Crippen LogP contribution >= 0.6 is 0 Å². The van der Waals surface area contributed by atoms with Crippen molar-refractivity contribution in [3.05, 3.63) is 0 Å². The zero-order chi connectivity index (χ0) is 12.2. The monoisotopic (exact) mass is 229 g/mol. The van der Waals surface area contributed by atoms with E-state index >= 15 is 0 Å². The molecular formula is C12H23NO3. The molecule has 0 radical (unpaired) electrons. The van der Waals surface area contributed by atoms with E-state index in [-0.39, 0.29) is 12.1 Å². The summed E-state index contributed by atoms with van der Waals surface area (Å²) >= 11 is 0. The van der Waals surface area contributed by atoms with Gasteiger partial charge in [-0.15, -0.1) is 0 Å². The van der Waals surface area contributed by atoms with E-state index in [4.69, 9.17) is 15.2 Å². The number of carbonyl (C=O) groups excluding carboxylic acids is 1. The molecule has 4 heteroatoms. The Morgan fingerprint density at radius 1 is 1.50 bits per heavy atom. The standard InChI is InChI=1S/C12H23NO3/c1-9(2)16-7-6-12(8-13,10-4-5-10)11(14)15-3/h9-10H,4-8,13H2,1-3H3. The number of carbonyl (C=O) groups is 1. The summed E-state index contributed by atoms with van der Waals surface area (Å²) in [6, 6.07) is 0. The Labute approximate surface area is 97.5 Å². The molecule has 0 heterocycles. The molecule has 94 valence electrons. The predicted molar refractivity (Wildman–Crippen MR) is 61.9 cm³/mol. The molecular weight excluding hydrogens is 206 g/mol. The summed E-state index contributed by atoms with van der Waals surface area (Å²) in [5.41, 5.74) is 5.28. The quantitative estimate of drug-likeness (QED) is 0.669. The smallest absolute Gasteiger partial charge is 0.313 e. The van der Waals surface area contributed by atoms with Crippen LogP contribution in [0.3, 0.4) is 0 Å². The van der Waals surface area contributed by atoms with Crippen LogP contribution in [0.5, 0.6) is 0 Å². The number of nitrogens with two attached hydrogens (primary N) is 1. The summed E-state index contributed by atoms with van der Waals surface area (Å²) < 4.78 is 10.4. The Hall–Kier alpha value is -0.610. The van der Waals surface area contributed by atoms with Crippen LogP contribution in [0.2, 0.25) is 0 Å². The predicted octanol–water partition coefficient (Wildman–Crippen LogP) is 1.33. The first kappa shape index (κ1) is 13.5. The fraction of sp³-hybridized carbons (Fsp3) is 0.917. The van der Waals surface area contributed by atoms with Crippen molar-refractivity contribution in [3.63, 3.8) is 0 Å². The number of methoxy groups -OCH3 is 1. The van der Waals surface area contributed by atoms with Gasteiger partial charge in [0.15, 0.2) is 0 Å². The van der Waals surface area contributed by atoms with Gasteiger partial charge in [-0.25, -0.2) is 0 Å². The molecule has 1 fully saturated rings. The lowest BCUT2D eigenvalue weighted by atomic mass is 9.79. The van der Waals surface area contributed by atoms with Crippen molar-refractivity contribution in [2.45, 2.75) is 39.2 Å². The van der Waals surface area contributed by atoms with Gasteiger partial charge in [0.1, 0.15) is 0 Å². The summed E-state index contributed by atoms with van der Waals surface area (Å²) in [5.74, 6) is 0.213. The van der Waals surface area contributed by atoms with E-state index in [0.717, 1.165) is 12.8 Å². The number of ether oxygens (including phenoxy) is 2. The van der Waals surface area contributed by atoms with E-state index in [1.54, 1.807) is 0 Å². The van der Waals surface area contributed by atoms with Crippen LogP contribution < -0.4 is 5.73 Å². The lowest BCUT2D eigenvalue weighted by molar-refractivity contribution is -0.155. The maximum atomic E-state index is 11.9. The van der Waals surface area contributed by atoms with Gasteiger partial charge in [0.2, 0.25) is 0 Å². The van der Waals surface area contributed by atoms with E-state index in [2.05, 4.69) is 0 Å². The summed E-state index contributed by atoms with van der Waals surface area (Å²) in [6.45, 7) is 4.89. The molecule has 0 bridgehead atoms.